The van der Waals surface area contributed by atoms with E-state index in [1.807, 2.05) is 0 Å². The Bertz CT molecular complexity index is 1230. The third-order valence-corrected chi connectivity index (χ3v) is 8.35. The molecule has 0 saturated carbocycles. The molecule has 1 aromatic heterocycles. The quantitative estimate of drug-likeness (QED) is 0.209. The smallest absolute Gasteiger partial charge is 0.396 e. The largest absolute Gasteiger partial charge is 0.502 e. The number of nitriles is 1. The zero-order valence-corrected chi connectivity index (χ0v) is 22.1. The lowest BCUT2D eigenvalue weighted by Gasteiger charge is -2.26. The molecule has 0 aliphatic heterocycles. The molecule has 37 heavy (non-hydrogen) atoms. The number of aromatic nitrogens is 2. The summed E-state index contributed by atoms with van der Waals surface area (Å²) in [6.45, 7) is -0.676. The summed E-state index contributed by atoms with van der Waals surface area (Å²) < 4.78 is 106. The van der Waals surface area contributed by atoms with Crippen molar-refractivity contribution in [1.82, 2.24) is 9.78 Å². The van der Waals surface area contributed by atoms with Gasteiger partial charge in [-0.25, -0.2) is 13.1 Å². The van der Waals surface area contributed by atoms with E-state index in [1.54, 1.807) is 0 Å². The fourth-order valence-electron chi connectivity index (χ4n) is 2.83. The van der Waals surface area contributed by atoms with Crippen LogP contribution in [0.25, 0.3) is 5.69 Å². The van der Waals surface area contributed by atoms with Crippen LogP contribution in [0.5, 0.6) is 0 Å². The van der Waals surface area contributed by atoms with Gasteiger partial charge in [0.25, 0.3) is 9.84 Å². The van der Waals surface area contributed by atoms with Crippen molar-refractivity contribution in [2.45, 2.75) is 16.6 Å². The second kappa shape index (κ2) is 12.5. The average Bonchev–Trinajstić information content (AvgIpc) is 3.16. The molecule has 0 fully saturated rings. The van der Waals surface area contributed by atoms with E-state index in [9.17, 15) is 40.0 Å². The number of aliphatic hydroxyl groups is 2. The highest BCUT2D eigenvalue weighted by molar-refractivity contribution is 8.00. The van der Waals surface area contributed by atoms with Gasteiger partial charge >= 0.3 is 11.7 Å². The number of nitrogens with zero attached hydrogens (tertiary/aromatic N) is 4. The van der Waals surface area contributed by atoms with E-state index in [4.69, 9.17) is 33.4 Å². The van der Waals surface area contributed by atoms with E-state index in [0.29, 0.717) is 16.8 Å². The molecule has 0 amide bonds. The summed E-state index contributed by atoms with van der Waals surface area (Å²) in [6, 6.07) is 2.11. The highest BCUT2D eigenvalue weighted by Gasteiger charge is 2.52. The molecule has 19 heteroatoms. The van der Waals surface area contributed by atoms with E-state index < -0.39 is 59.2 Å². The van der Waals surface area contributed by atoms with Gasteiger partial charge < -0.3 is 15.1 Å². The number of hydrogen-bond donors (Lipinski definition) is 2. The number of alkyl halides is 6. The van der Waals surface area contributed by atoms with Crippen LogP contribution in [0.3, 0.4) is 0 Å². The van der Waals surface area contributed by atoms with Crippen LogP contribution in [0.4, 0.5) is 32.2 Å². The molecule has 0 atom stereocenters. The minimum Gasteiger partial charge on any atom is -0.396 e. The molecule has 0 bridgehead atoms. The van der Waals surface area contributed by atoms with Crippen molar-refractivity contribution in [3.63, 3.8) is 0 Å². The summed E-state index contributed by atoms with van der Waals surface area (Å²) in [5.41, 5.74) is -8.98. The van der Waals surface area contributed by atoms with Gasteiger partial charge in [-0.1, -0.05) is 23.2 Å². The van der Waals surface area contributed by atoms with Crippen LogP contribution >= 0.6 is 46.7 Å². The molecule has 0 unspecified atom stereocenters. The Kier molecular flexibility index (Phi) is 10.7. The van der Waals surface area contributed by atoms with Crippen molar-refractivity contribution in [1.29, 1.82) is 5.26 Å². The zero-order chi connectivity index (χ0) is 28.2. The SMILES string of the molecule is N#Cc1nn(-c2c(Cl)cc(C(F)(F)F)cc2Cl)c(N(CSCCO)CSCCO)c1S(=O)(=O)C(F)(F)F. The Morgan fingerprint density at radius 2 is 1.51 bits per heavy atom. The molecule has 2 rings (SSSR count). The first-order chi connectivity index (χ1) is 17.1. The molecule has 8 nitrogen and oxygen atoms in total. The summed E-state index contributed by atoms with van der Waals surface area (Å²) >= 11 is 14.0. The highest BCUT2D eigenvalue weighted by atomic mass is 35.5. The van der Waals surface area contributed by atoms with Crippen LogP contribution in [0.1, 0.15) is 11.3 Å². The fraction of sp³-hybridized carbons (Fsp3) is 0.444. The van der Waals surface area contributed by atoms with Gasteiger partial charge in [0, 0.05) is 11.5 Å². The van der Waals surface area contributed by atoms with Crippen molar-refractivity contribution >= 4 is 62.4 Å². The zero-order valence-electron chi connectivity index (χ0n) is 18.1. The van der Waals surface area contributed by atoms with E-state index in [0.717, 1.165) is 28.4 Å². The molecule has 0 aliphatic carbocycles. The third kappa shape index (κ3) is 7.11. The normalized spacial score (nSPS) is 12.6. The number of thioether (sulfide) groups is 2. The molecule has 0 radical (unpaired) electrons. The topological polar surface area (TPSA) is 119 Å². The minimum atomic E-state index is -6.23. The van der Waals surface area contributed by atoms with Gasteiger partial charge in [-0.05, 0) is 12.1 Å². The molecule has 0 saturated heterocycles. The summed E-state index contributed by atoms with van der Waals surface area (Å²) in [6.07, 6.45) is -4.89. The van der Waals surface area contributed by atoms with Crippen LogP contribution in [0.15, 0.2) is 17.0 Å². The Labute approximate surface area is 225 Å². The fourth-order valence-corrected chi connectivity index (χ4v) is 6.01. The number of benzene rings is 1. The summed E-state index contributed by atoms with van der Waals surface area (Å²) in [5, 5.41) is 29.8. The lowest BCUT2D eigenvalue weighted by atomic mass is 10.2. The van der Waals surface area contributed by atoms with E-state index in [2.05, 4.69) is 5.10 Å². The average molecular weight is 633 g/mol. The highest BCUT2D eigenvalue weighted by Crippen LogP contribution is 2.44. The Hall–Kier alpha value is -1.55. The first-order valence-corrected chi connectivity index (χ1v) is 14.2. The molecular formula is C18H16Cl2F6N4O4S3. The van der Waals surface area contributed by atoms with Gasteiger partial charge in [-0.3, -0.25) is 0 Å². The summed E-state index contributed by atoms with van der Waals surface area (Å²) in [7, 11) is -6.23. The predicted octanol–water partition coefficient (Wildman–Crippen LogP) is 4.54. The number of aliphatic hydroxyl groups excluding tert-OH is 2. The number of halogens is 8. The molecule has 0 spiro atoms. The van der Waals surface area contributed by atoms with E-state index in [1.165, 1.54) is 6.07 Å². The minimum absolute atomic E-state index is 0.0730. The van der Waals surface area contributed by atoms with Gasteiger partial charge in [0.05, 0.1) is 40.6 Å². The number of rotatable bonds is 11. The third-order valence-electron chi connectivity index (χ3n) is 4.32. The Morgan fingerprint density at radius 3 is 1.89 bits per heavy atom. The molecule has 1 heterocycles. The van der Waals surface area contributed by atoms with Gasteiger partial charge in [0.2, 0.25) is 0 Å². The van der Waals surface area contributed by atoms with Gasteiger partial charge in [0.15, 0.2) is 16.4 Å². The van der Waals surface area contributed by atoms with Crippen LogP contribution < -0.4 is 4.90 Å². The molecule has 1 aromatic carbocycles. The van der Waals surface area contributed by atoms with Crippen LogP contribution in [-0.4, -0.2) is 70.4 Å². The maximum Gasteiger partial charge on any atom is 0.502 e. The molecule has 206 valence electrons. The second-order valence-corrected chi connectivity index (χ2v) is 11.7. The lowest BCUT2D eigenvalue weighted by Crippen LogP contribution is -2.30. The molecule has 0 aliphatic rings. The van der Waals surface area contributed by atoms with Gasteiger partial charge in [-0.15, -0.1) is 23.5 Å². The molecule has 2 N–H and O–H groups in total. The van der Waals surface area contributed by atoms with E-state index >= 15 is 0 Å². The Balaban J connectivity index is 2.97. The second-order valence-electron chi connectivity index (χ2n) is 6.82. The van der Waals surface area contributed by atoms with E-state index in [-0.39, 0.29) is 36.5 Å². The lowest BCUT2D eigenvalue weighted by molar-refractivity contribution is -0.137. The van der Waals surface area contributed by atoms with Crippen molar-refractivity contribution in [2.24, 2.45) is 0 Å². The van der Waals surface area contributed by atoms with Crippen molar-refractivity contribution in [3.05, 3.63) is 33.4 Å². The number of anilines is 1. The van der Waals surface area contributed by atoms with Gasteiger partial charge in [0.1, 0.15) is 11.8 Å². The monoisotopic (exact) mass is 632 g/mol. The van der Waals surface area contributed by atoms with Crippen molar-refractivity contribution < 1.29 is 45.0 Å². The Morgan fingerprint density at radius 1 is 1.03 bits per heavy atom. The van der Waals surface area contributed by atoms with Gasteiger partial charge in [-0.2, -0.15) is 36.7 Å². The van der Waals surface area contributed by atoms with Crippen molar-refractivity contribution in [3.8, 4) is 11.8 Å². The maximum absolute atomic E-state index is 13.6. The predicted molar refractivity (Wildman–Crippen MR) is 128 cm³/mol. The van der Waals surface area contributed by atoms with Crippen molar-refractivity contribution in [2.75, 3.05) is 41.4 Å². The molecular weight excluding hydrogens is 617 g/mol. The summed E-state index contributed by atoms with van der Waals surface area (Å²) in [5.74, 6) is -1.21. The maximum atomic E-state index is 13.6. The number of sulfone groups is 1. The number of hydrogen-bond acceptors (Lipinski definition) is 9. The first kappa shape index (κ1) is 31.7. The van der Waals surface area contributed by atoms with Crippen LogP contribution in [0, 0.1) is 11.3 Å². The van der Waals surface area contributed by atoms with Crippen LogP contribution in [0.2, 0.25) is 10.0 Å². The standard InChI is InChI=1S/C18H16Cl2F6N4O4S3/c19-11-5-10(17(21,22)23)6-12(20)14(11)30-16(29(8-35-3-1-31)9-36-4-2-32)15(13(7-27)28-30)37(33,34)18(24,25)26/h5-6,31-32H,1-4,8-9H2. The van der Waals surface area contributed by atoms with Crippen LogP contribution in [-0.2, 0) is 16.0 Å². The molecule has 2 aromatic rings. The summed E-state index contributed by atoms with van der Waals surface area (Å²) in [4.78, 5) is -0.513. The first-order valence-electron chi connectivity index (χ1n) is 9.65.